The smallest absolute Gasteiger partial charge is 0.142 e. The lowest BCUT2D eigenvalue weighted by Crippen LogP contribution is -1.90. The maximum atomic E-state index is 9.96. The van der Waals surface area contributed by atoms with E-state index in [1.54, 1.807) is 0 Å². The second-order valence-corrected chi connectivity index (χ2v) is 3.16. The largest absolute Gasteiger partial charge is 0.365 e. The minimum absolute atomic E-state index is 0.229. The molecule has 0 aromatic carbocycles. The van der Waals surface area contributed by atoms with Crippen molar-refractivity contribution in [3.63, 3.8) is 0 Å². The predicted octanol–water partition coefficient (Wildman–Crippen LogP) is 2.09. The van der Waals surface area contributed by atoms with Crippen LogP contribution in [0, 0.1) is 0 Å². The van der Waals surface area contributed by atoms with Crippen LogP contribution in [-0.4, -0.2) is 18.5 Å². The van der Waals surface area contributed by atoms with Crippen molar-refractivity contribution in [2.75, 3.05) is 0 Å². The summed E-state index contributed by atoms with van der Waals surface area (Å²) in [6, 6.07) is 0. The number of epoxide rings is 1. The maximum Gasteiger partial charge on any atom is 0.142 e. The molecule has 1 aliphatic heterocycles. The van der Waals surface area contributed by atoms with Gasteiger partial charge in [0.25, 0.3) is 0 Å². The number of carbonyl (C=O) groups is 1. The summed E-state index contributed by atoms with van der Waals surface area (Å²) < 4.78 is 5.32. The van der Waals surface area contributed by atoms with Gasteiger partial charge in [0.15, 0.2) is 0 Å². The highest BCUT2D eigenvalue weighted by molar-refractivity contribution is 5.64. The molecule has 0 N–H and O–H groups in total. The van der Waals surface area contributed by atoms with Gasteiger partial charge in [-0.3, -0.25) is 4.79 Å². The van der Waals surface area contributed by atoms with Crippen molar-refractivity contribution in [2.45, 2.75) is 44.8 Å². The lowest BCUT2D eigenvalue weighted by atomic mass is 10.1. The molecule has 2 heteroatoms. The average molecular weight is 168 g/mol. The van der Waals surface area contributed by atoms with Crippen LogP contribution in [0.5, 0.6) is 0 Å². The van der Waals surface area contributed by atoms with Gasteiger partial charge in [-0.2, -0.15) is 0 Å². The first-order chi connectivity index (χ1) is 5.88. The Morgan fingerprint density at radius 3 is 2.92 bits per heavy atom. The van der Waals surface area contributed by atoms with Crippen molar-refractivity contribution in [1.29, 1.82) is 0 Å². The molecule has 2 nitrogen and oxygen atoms in total. The Morgan fingerprint density at radius 2 is 2.25 bits per heavy atom. The van der Waals surface area contributed by atoms with Crippen LogP contribution in [0.2, 0.25) is 0 Å². The minimum atomic E-state index is 0.229. The van der Waals surface area contributed by atoms with Gasteiger partial charge >= 0.3 is 0 Å². The van der Waals surface area contributed by atoms with E-state index in [0.717, 1.165) is 12.7 Å². The zero-order valence-corrected chi connectivity index (χ0v) is 7.53. The van der Waals surface area contributed by atoms with Crippen LogP contribution >= 0.6 is 0 Å². The fraction of sp³-hybridized carbons (Fsp3) is 0.700. The van der Waals surface area contributed by atoms with Crippen LogP contribution in [0.4, 0.5) is 0 Å². The summed E-state index contributed by atoms with van der Waals surface area (Å²) >= 11 is 0. The summed E-state index contributed by atoms with van der Waals surface area (Å²) in [5.74, 6) is 0. The minimum Gasteiger partial charge on any atom is -0.365 e. The van der Waals surface area contributed by atoms with Gasteiger partial charge in [-0.15, -0.1) is 0 Å². The SMILES string of the molecule is CCCCC[C@H]1O[C@@H]1C=CC=O. The molecule has 0 saturated carbocycles. The fourth-order valence-electron chi connectivity index (χ4n) is 1.31. The molecule has 12 heavy (non-hydrogen) atoms. The Kier molecular flexibility index (Phi) is 4.01. The van der Waals surface area contributed by atoms with E-state index >= 15 is 0 Å². The summed E-state index contributed by atoms with van der Waals surface area (Å²) in [6.45, 7) is 2.19. The highest BCUT2D eigenvalue weighted by atomic mass is 16.6. The van der Waals surface area contributed by atoms with Crippen LogP contribution in [0.25, 0.3) is 0 Å². The molecule has 1 fully saturated rings. The van der Waals surface area contributed by atoms with Gasteiger partial charge in [-0.1, -0.05) is 32.3 Å². The fourth-order valence-corrected chi connectivity index (χ4v) is 1.31. The van der Waals surface area contributed by atoms with E-state index in [9.17, 15) is 4.79 Å². The van der Waals surface area contributed by atoms with Gasteiger partial charge in [-0.25, -0.2) is 0 Å². The molecule has 0 spiro atoms. The van der Waals surface area contributed by atoms with Gasteiger partial charge in [0.05, 0.1) is 6.10 Å². The second-order valence-electron chi connectivity index (χ2n) is 3.16. The lowest BCUT2D eigenvalue weighted by Gasteiger charge is -1.91. The molecule has 1 saturated heterocycles. The van der Waals surface area contributed by atoms with Crippen LogP contribution < -0.4 is 0 Å². The number of aldehydes is 1. The van der Waals surface area contributed by atoms with Gasteiger partial charge in [0.1, 0.15) is 12.4 Å². The van der Waals surface area contributed by atoms with Crippen LogP contribution in [0.15, 0.2) is 12.2 Å². The third-order valence-corrected chi connectivity index (χ3v) is 2.09. The molecular weight excluding hydrogens is 152 g/mol. The van der Waals surface area contributed by atoms with E-state index in [1.807, 2.05) is 6.08 Å². The zero-order valence-electron chi connectivity index (χ0n) is 7.53. The Labute approximate surface area is 73.6 Å². The van der Waals surface area contributed by atoms with Crippen LogP contribution in [0.3, 0.4) is 0 Å². The summed E-state index contributed by atoms with van der Waals surface area (Å²) in [4.78, 5) is 9.96. The maximum absolute atomic E-state index is 9.96. The number of carbonyl (C=O) groups excluding carboxylic acids is 1. The molecule has 0 radical (unpaired) electrons. The van der Waals surface area contributed by atoms with Gasteiger partial charge in [0, 0.05) is 0 Å². The third kappa shape index (κ3) is 3.18. The topological polar surface area (TPSA) is 29.6 Å². The van der Waals surface area contributed by atoms with E-state index in [-0.39, 0.29) is 6.10 Å². The summed E-state index contributed by atoms with van der Waals surface area (Å²) in [5.41, 5.74) is 0. The first-order valence-electron chi connectivity index (χ1n) is 4.66. The Hall–Kier alpha value is -0.630. The van der Waals surface area contributed by atoms with Gasteiger partial charge in [-0.05, 0) is 12.5 Å². The van der Waals surface area contributed by atoms with Crippen molar-refractivity contribution in [2.24, 2.45) is 0 Å². The normalized spacial score (nSPS) is 27.8. The number of hydrogen-bond donors (Lipinski definition) is 0. The molecule has 0 bridgehead atoms. The van der Waals surface area contributed by atoms with E-state index < -0.39 is 0 Å². The first kappa shape index (κ1) is 9.46. The molecule has 0 aromatic rings. The number of allylic oxidation sites excluding steroid dienone is 1. The highest BCUT2D eigenvalue weighted by Gasteiger charge is 2.35. The van der Waals surface area contributed by atoms with Gasteiger partial charge < -0.3 is 4.74 Å². The molecular formula is C10H16O2. The monoisotopic (exact) mass is 168 g/mol. The number of unbranched alkanes of at least 4 members (excludes halogenated alkanes) is 2. The molecule has 2 atom stereocenters. The van der Waals surface area contributed by atoms with Crippen molar-refractivity contribution in [3.8, 4) is 0 Å². The van der Waals surface area contributed by atoms with E-state index in [1.165, 1.54) is 25.3 Å². The van der Waals surface area contributed by atoms with Crippen molar-refractivity contribution in [1.82, 2.24) is 0 Å². The average Bonchev–Trinajstić information content (AvgIpc) is 2.81. The Bertz CT molecular complexity index is 163. The standard InChI is InChI=1S/C10H16O2/c1-2-3-4-6-9-10(12-9)7-5-8-11/h5,7-10H,2-4,6H2,1H3/t9-,10-/m1/s1. The number of hydrogen-bond acceptors (Lipinski definition) is 2. The van der Waals surface area contributed by atoms with Crippen molar-refractivity contribution < 1.29 is 9.53 Å². The van der Waals surface area contributed by atoms with E-state index in [4.69, 9.17) is 4.74 Å². The number of ether oxygens (including phenoxy) is 1. The van der Waals surface area contributed by atoms with Crippen molar-refractivity contribution >= 4 is 6.29 Å². The summed E-state index contributed by atoms with van der Waals surface area (Å²) in [5, 5.41) is 0. The van der Waals surface area contributed by atoms with Gasteiger partial charge in [0.2, 0.25) is 0 Å². The quantitative estimate of drug-likeness (QED) is 0.263. The molecule has 0 unspecified atom stereocenters. The summed E-state index contributed by atoms with van der Waals surface area (Å²) in [6.07, 6.45) is 9.69. The highest BCUT2D eigenvalue weighted by Crippen LogP contribution is 2.28. The molecule has 68 valence electrons. The predicted molar refractivity (Wildman–Crippen MR) is 48.0 cm³/mol. The van der Waals surface area contributed by atoms with E-state index in [0.29, 0.717) is 6.10 Å². The molecule has 0 amide bonds. The first-order valence-corrected chi connectivity index (χ1v) is 4.66. The Balaban J connectivity index is 2.00. The molecule has 0 aromatic heterocycles. The number of rotatable bonds is 6. The third-order valence-electron chi connectivity index (χ3n) is 2.09. The Morgan fingerprint density at radius 1 is 1.42 bits per heavy atom. The lowest BCUT2D eigenvalue weighted by molar-refractivity contribution is -0.104. The van der Waals surface area contributed by atoms with Crippen LogP contribution in [-0.2, 0) is 9.53 Å². The van der Waals surface area contributed by atoms with Crippen LogP contribution in [0.1, 0.15) is 32.6 Å². The second kappa shape index (κ2) is 5.09. The molecule has 1 heterocycles. The zero-order chi connectivity index (χ0) is 8.81. The van der Waals surface area contributed by atoms with Crippen molar-refractivity contribution in [3.05, 3.63) is 12.2 Å². The molecule has 0 aliphatic carbocycles. The molecule has 1 rings (SSSR count). The summed E-state index contributed by atoms with van der Waals surface area (Å²) in [7, 11) is 0. The molecule has 1 aliphatic rings. The van der Waals surface area contributed by atoms with E-state index in [2.05, 4.69) is 6.92 Å².